The molecule has 1 N–H and O–H groups in total. The Labute approximate surface area is 80.1 Å². The summed E-state index contributed by atoms with van der Waals surface area (Å²) in [6.07, 6.45) is 5.22. The standard InChI is InChI=1S/C11H19NO/c1-10(2)8(12-9(10)13)11(3)6-4-5-7-11/h8H,4-7H2,1-3H3,(H,12,13). The molecule has 0 aromatic carbocycles. The largest absolute Gasteiger partial charge is 0.351 e. The van der Waals surface area contributed by atoms with E-state index >= 15 is 0 Å². The van der Waals surface area contributed by atoms with Crippen molar-refractivity contribution in [3.05, 3.63) is 0 Å². The van der Waals surface area contributed by atoms with E-state index in [9.17, 15) is 4.79 Å². The molecule has 1 aliphatic heterocycles. The van der Waals surface area contributed by atoms with Gasteiger partial charge in [-0.25, -0.2) is 0 Å². The van der Waals surface area contributed by atoms with Crippen molar-refractivity contribution in [1.29, 1.82) is 0 Å². The average Bonchev–Trinajstić information content (AvgIpc) is 2.48. The van der Waals surface area contributed by atoms with Gasteiger partial charge in [-0.05, 0) is 32.1 Å². The zero-order valence-corrected chi connectivity index (χ0v) is 8.81. The monoisotopic (exact) mass is 181 g/mol. The van der Waals surface area contributed by atoms with Gasteiger partial charge in [-0.15, -0.1) is 0 Å². The normalized spacial score (nSPS) is 35.3. The molecule has 0 spiro atoms. The molecular weight excluding hydrogens is 162 g/mol. The summed E-state index contributed by atoms with van der Waals surface area (Å²) in [5.74, 6) is 0.227. The molecule has 0 aromatic heterocycles. The molecular formula is C11H19NO. The molecule has 0 bridgehead atoms. The van der Waals surface area contributed by atoms with Crippen LogP contribution < -0.4 is 5.32 Å². The Morgan fingerprint density at radius 1 is 1.23 bits per heavy atom. The van der Waals surface area contributed by atoms with Crippen LogP contribution in [0.5, 0.6) is 0 Å². The van der Waals surface area contributed by atoms with Crippen LogP contribution >= 0.6 is 0 Å². The maximum atomic E-state index is 11.4. The third-order valence-corrected chi connectivity index (χ3v) is 4.03. The van der Waals surface area contributed by atoms with E-state index in [0.29, 0.717) is 11.5 Å². The molecule has 2 fully saturated rings. The smallest absolute Gasteiger partial charge is 0.228 e. The SMILES string of the molecule is CC1(C2NC(=O)C2(C)C)CCCC1. The molecule has 2 aliphatic rings. The zero-order chi connectivity index (χ0) is 9.69. The van der Waals surface area contributed by atoms with Gasteiger partial charge in [-0.1, -0.05) is 19.8 Å². The first-order valence-electron chi connectivity index (χ1n) is 5.28. The molecule has 2 nitrogen and oxygen atoms in total. The molecule has 1 atom stereocenters. The molecule has 2 heteroatoms. The second-order valence-electron chi connectivity index (χ2n) is 5.49. The van der Waals surface area contributed by atoms with Gasteiger partial charge in [0, 0.05) is 6.04 Å². The molecule has 13 heavy (non-hydrogen) atoms. The van der Waals surface area contributed by atoms with Crippen molar-refractivity contribution in [3.63, 3.8) is 0 Å². The van der Waals surface area contributed by atoms with Crippen LogP contribution in [0, 0.1) is 10.8 Å². The maximum absolute atomic E-state index is 11.4. The lowest BCUT2D eigenvalue weighted by atomic mass is 9.62. The molecule has 1 amide bonds. The highest BCUT2D eigenvalue weighted by molar-refractivity contribution is 5.89. The van der Waals surface area contributed by atoms with Crippen LogP contribution in [0.25, 0.3) is 0 Å². The highest BCUT2D eigenvalue weighted by atomic mass is 16.2. The third kappa shape index (κ3) is 1.11. The van der Waals surface area contributed by atoms with E-state index in [4.69, 9.17) is 0 Å². The van der Waals surface area contributed by atoms with Gasteiger partial charge in [0.2, 0.25) is 5.91 Å². The fraction of sp³-hybridized carbons (Fsp3) is 0.909. The van der Waals surface area contributed by atoms with E-state index in [-0.39, 0.29) is 11.3 Å². The fourth-order valence-corrected chi connectivity index (χ4v) is 3.07. The first-order valence-corrected chi connectivity index (χ1v) is 5.28. The van der Waals surface area contributed by atoms with E-state index in [1.807, 2.05) is 0 Å². The molecule has 2 rings (SSSR count). The number of rotatable bonds is 1. The van der Waals surface area contributed by atoms with Crippen molar-refractivity contribution in [2.45, 2.75) is 52.5 Å². The van der Waals surface area contributed by atoms with Gasteiger partial charge < -0.3 is 5.32 Å². The summed E-state index contributed by atoms with van der Waals surface area (Å²) in [6.45, 7) is 6.46. The predicted molar refractivity (Wildman–Crippen MR) is 52.3 cm³/mol. The minimum Gasteiger partial charge on any atom is -0.351 e. The van der Waals surface area contributed by atoms with Gasteiger partial charge in [-0.2, -0.15) is 0 Å². The minimum absolute atomic E-state index is 0.126. The second-order valence-corrected chi connectivity index (χ2v) is 5.49. The van der Waals surface area contributed by atoms with E-state index < -0.39 is 0 Å². The van der Waals surface area contributed by atoms with Crippen molar-refractivity contribution in [2.75, 3.05) is 0 Å². The van der Waals surface area contributed by atoms with Crippen LogP contribution in [0.1, 0.15) is 46.5 Å². The van der Waals surface area contributed by atoms with Gasteiger partial charge in [0.25, 0.3) is 0 Å². The fourth-order valence-electron chi connectivity index (χ4n) is 3.07. The van der Waals surface area contributed by atoms with E-state index in [1.165, 1.54) is 25.7 Å². The third-order valence-electron chi connectivity index (χ3n) is 4.03. The lowest BCUT2D eigenvalue weighted by Gasteiger charge is -2.52. The van der Waals surface area contributed by atoms with Crippen LogP contribution in [0.4, 0.5) is 0 Å². The highest BCUT2D eigenvalue weighted by Crippen LogP contribution is 2.49. The van der Waals surface area contributed by atoms with Crippen LogP contribution in [0.15, 0.2) is 0 Å². The quantitative estimate of drug-likeness (QED) is 0.617. The summed E-state index contributed by atoms with van der Waals surface area (Å²) in [5, 5.41) is 3.08. The average molecular weight is 181 g/mol. The molecule has 1 saturated carbocycles. The Morgan fingerprint density at radius 3 is 2.15 bits per heavy atom. The van der Waals surface area contributed by atoms with E-state index in [1.54, 1.807) is 0 Å². The van der Waals surface area contributed by atoms with Crippen LogP contribution in [-0.4, -0.2) is 11.9 Å². The van der Waals surface area contributed by atoms with Gasteiger partial charge in [0.15, 0.2) is 0 Å². The van der Waals surface area contributed by atoms with E-state index in [0.717, 1.165) is 0 Å². The Bertz CT molecular complexity index is 238. The Morgan fingerprint density at radius 2 is 1.77 bits per heavy atom. The van der Waals surface area contributed by atoms with Crippen molar-refractivity contribution in [2.24, 2.45) is 10.8 Å². The molecule has 1 heterocycles. The summed E-state index contributed by atoms with van der Waals surface area (Å²) >= 11 is 0. The number of hydrogen-bond acceptors (Lipinski definition) is 1. The number of nitrogens with one attached hydrogen (secondary N) is 1. The lowest BCUT2D eigenvalue weighted by Crippen LogP contribution is -2.69. The maximum Gasteiger partial charge on any atom is 0.228 e. The second kappa shape index (κ2) is 2.49. The summed E-state index contributed by atoms with van der Waals surface area (Å²) in [4.78, 5) is 11.4. The summed E-state index contributed by atoms with van der Waals surface area (Å²) in [5.41, 5.74) is 0.247. The number of carbonyl (C=O) groups is 1. The first kappa shape index (κ1) is 9.04. The predicted octanol–water partition coefficient (Wildman–Crippen LogP) is 2.09. The van der Waals surface area contributed by atoms with E-state index in [2.05, 4.69) is 26.1 Å². The van der Waals surface area contributed by atoms with Crippen LogP contribution in [-0.2, 0) is 4.79 Å². The first-order chi connectivity index (χ1) is 5.97. The molecule has 0 aromatic rings. The van der Waals surface area contributed by atoms with Crippen molar-refractivity contribution < 1.29 is 4.79 Å². The Hall–Kier alpha value is -0.530. The van der Waals surface area contributed by atoms with Crippen molar-refractivity contribution >= 4 is 5.91 Å². The molecule has 74 valence electrons. The summed E-state index contributed by atoms with van der Waals surface area (Å²) in [6, 6.07) is 0.412. The molecule has 1 aliphatic carbocycles. The lowest BCUT2D eigenvalue weighted by molar-refractivity contribution is -0.149. The van der Waals surface area contributed by atoms with Crippen LogP contribution in [0.3, 0.4) is 0 Å². The molecule has 1 saturated heterocycles. The molecule has 0 radical (unpaired) electrons. The Balaban J connectivity index is 2.15. The Kier molecular flexibility index (Phi) is 1.73. The topological polar surface area (TPSA) is 29.1 Å². The molecule has 1 unspecified atom stereocenters. The van der Waals surface area contributed by atoms with Crippen LogP contribution in [0.2, 0.25) is 0 Å². The van der Waals surface area contributed by atoms with Crippen molar-refractivity contribution in [3.8, 4) is 0 Å². The minimum atomic E-state index is -0.126. The number of β-lactam (4-membered cyclic amide) rings is 1. The summed E-state index contributed by atoms with van der Waals surface area (Å²) < 4.78 is 0. The van der Waals surface area contributed by atoms with Gasteiger partial charge in [0.1, 0.15) is 0 Å². The van der Waals surface area contributed by atoms with Gasteiger partial charge >= 0.3 is 0 Å². The van der Waals surface area contributed by atoms with Gasteiger partial charge in [-0.3, -0.25) is 4.79 Å². The van der Waals surface area contributed by atoms with Crippen molar-refractivity contribution in [1.82, 2.24) is 5.32 Å². The van der Waals surface area contributed by atoms with Gasteiger partial charge in [0.05, 0.1) is 5.41 Å². The highest BCUT2D eigenvalue weighted by Gasteiger charge is 2.55. The number of hydrogen-bond donors (Lipinski definition) is 1. The number of carbonyl (C=O) groups excluding carboxylic acids is 1. The zero-order valence-electron chi connectivity index (χ0n) is 8.81. The number of amides is 1. The summed E-state index contributed by atoms with van der Waals surface area (Å²) in [7, 11) is 0.